The highest BCUT2D eigenvalue weighted by Crippen LogP contribution is 2.46. The van der Waals surface area contributed by atoms with Gasteiger partial charge >= 0.3 is 0 Å². The molecule has 0 radical (unpaired) electrons. The third-order valence-corrected chi connectivity index (χ3v) is 5.76. The average Bonchev–Trinajstić information content (AvgIpc) is 2.53. The number of rotatable bonds is 3. The third kappa shape index (κ3) is 4.71. The highest BCUT2D eigenvalue weighted by Gasteiger charge is 2.41. The highest BCUT2D eigenvalue weighted by molar-refractivity contribution is 6.83. The third-order valence-electron chi connectivity index (χ3n) is 4.88. The monoisotopic (exact) mass is 338 g/mol. The number of benzene rings is 1. The molecule has 128 valence electrons. The van der Waals surface area contributed by atoms with Crippen LogP contribution in [0.5, 0.6) is 0 Å². The van der Waals surface area contributed by atoms with Gasteiger partial charge in [0.2, 0.25) is 0 Å². The number of hydrogen-bond donors (Lipinski definition) is 0. The summed E-state index contributed by atoms with van der Waals surface area (Å²) < 4.78 is 0. The molecule has 1 nitrogen and oxygen atoms in total. The molecule has 0 spiro atoms. The quantitative estimate of drug-likeness (QED) is 0.507. The fraction of sp³-hybridized carbons (Fsp3) is 0.500. The van der Waals surface area contributed by atoms with Crippen LogP contribution in [0, 0.1) is 16.9 Å². The van der Waals surface area contributed by atoms with Crippen LogP contribution < -0.4 is 0 Å². The molecule has 2 atom stereocenters. The van der Waals surface area contributed by atoms with Crippen molar-refractivity contribution in [3.05, 3.63) is 47.5 Å². The Balaban J connectivity index is 2.44. The summed E-state index contributed by atoms with van der Waals surface area (Å²) in [7, 11) is -1.39. The van der Waals surface area contributed by atoms with Crippen molar-refractivity contribution < 1.29 is 4.79 Å². The maximum absolute atomic E-state index is 12.8. The van der Waals surface area contributed by atoms with E-state index < -0.39 is 8.07 Å². The van der Waals surface area contributed by atoms with Crippen molar-refractivity contribution in [1.29, 1.82) is 0 Å². The molecule has 1 aromatic rings. The predicted molar refractivity (Wildman–Crippen MR) is 106 cm³/mol. The molecular formula is C22H30OSi. The summed E-state index contributed by atoms with van der Waals surface area (Å²) in [6, 6.07) is 10.5. The lowest BCUT2D eigenvalue weighted by molar-refractivity contribution is -0.131. The molecule has 0 saturated heterocycles. The van der Waals surface area contributed by atoms with Gasteiger partial charge in [0.25, 0.3) is 0 Å². The molecule has 2 rings (SSSR count). The van der Waals surface area contributed by atoms with Gasteiger partial charge in [-0.1, -0.05) is 75.3 Å². The number of carbonyl (C=O) groups excluding carboxylic acids is 1. The summed E-state index contributed by atoms with van der Waals surface area (Å²) in [6.07, 6.45) is 6.10. The molecule has 0 amide bonds. The van der Waals surface area contributed by atoms with Gasteiger partial charge in [0.1, 0.15) is 13.9 Å². The van der Waals surface area contributed by atoms with E-state index in [0.29, 0.717) is 12.2 Å². The second-order valence-electron chi connectivity index (χ2n) is 8.29. The van der Waals surface area contributed by atoms with Crippen LogP contribution in [0.4, 0.5) is 0 Å². The predicted octanol–water partition coefficient (Wildman–Crippen LogP) is 5.75. The van der Waals surface area contributed by atoms with Gasteiger partial charge in [0, 0.05) is 17.8 Å². The maximum Gasteiger partial charge on any atom is 0.139 e. The number of allylic oxidation sites excluding steroid dienone is 2. The molecule has 1 saturated carbocycles. The molecule has 0 N–H and O–H groups in total. The van der Waals surface area contributed by atoms with Gasteiger partial charge in [0.05, 0.1) is 0 Å². The topological polar surface area (TPSA) is 17.1 Å². The fourth-order valence-electron chi connectivity index (χ4n) is 3.42. The van der Waals surface area contributed by atoms with Gasteiger partial charge in [-0.05, 0) is 30.9 Å². The van der Waals surface area contributed by atoms with E-state index >= 15 is 0 Å². The summed E-state index contributed by atoms with van der Waals surface area (Å²) >= 11 is 0. The standard InChI is InChI=1S/C22H30OSi/c1-18(14-16-24(3,4)5)17-20(19-11-7-6-8-12-19)22(2)15-10-9-13-21(22)23/h6-8,11-12,17,20H,9-10,13,15H2,1-5H3/b18-17+. The van der Waals surface area contributed by atoms with Crippen LogP contribution in [0.15, 0.2) is 42.0 Å². The van der Waals surface area contributed by atoms with E-state index in [9.17, 15) is 4.79 Å². The lowest BCUT2D eigenvalue weighted by atomic mass is 9.64. The Morgan fingerprint density at radius 2 is 1.88 bits per heavy atom. The summed E-state index contributed by atoms with van der Waals surface area (Å²) in [4.78, 5) is 12.8. The van der Waals surface area contributed by atoms with Crippen molar-refractivity contribution in [2.75, 3.05) is 0 Å². The number of ketones is 1. The first kappa shape index (κ1) is 18.7. The Hall–Kier alpha value is -1.59. The van der Waals surface area contributed by atoms with Gasteiger partial charge in [-0.2, -0.15) is 0 Å². The van der Waals surface area contributed by atoms with Crippen LogP contribution in [0.1, 0.15) is 51.0 Å². The van der Waals surface area contributed by atoms with Crippen LogP contribution in [0.25, 0.3) is 0 Å². The summed E-state index contributed by atoms with van der Waals surface area (Å²) in [5, 5.41) is 0. The molecule has 2 unspecified atom stereocenters. The normalized spacial score (nSPS) is 23.4. The zero-order valence-corrected chi connectivity index (χ0v) is 16.8. The van der Waals surface area contributed by atoms with Crippen LogP contribution in [0.3, 0.4) is 0 Å². The number of carbonyl (C=O) groups is 1. The smallest absolute Gasteiger partial charge is 0.139 e. The van der Waals surface area contributed by atoms with E-state index in [0.717, 1.165) is 24.8 Å². The summed E-state index contributed by atoms with van der Waals surface area (Å²) in [6.45, 7) is 11.0. The largest absolute Gasteiger partial charge is 0.299 e. The van der Waals surface area contributed by atoms with Gasteiger partial charge in [-0.3, -0.25) is 4.79 Å². The van der Waals surface area contributed by atoms with Crippen molar-refractivity contribution in [3.8, 4) is 11.5 Å². The Morgan fingerprint density at radius 1 is 1.21 bits per heavy atom. The minimum Gasteiger partial charge on any atom is -0.299 e. The first-order valence-electron chi connectivity index (χ1n) is 9.02. The lowest BCUT2D eigenvalue weighted by Crippen LogP contribution is -2.36. The Morgan fingerprint density at radius 3 is 2.46 bits per heavy atom. The number of Topliss-reactive ketones (excluding diaryl/α,β-unsaturated/α-hetero) is 1. The molecule has 1 aromatic carbocycles. The summed E-state index contributed by atoms with van der Waals surface area (Å²) in [5.41, 5.74) is 5.45. The Kier molecular flexibility index (Phi) is 5.88. The van der Waals surface area contributed by atoms with Gasteiger partial charge in [0.15, 0.2) is 0 Å². The average molecular weight is 339 g/mol. The Labute approximate surface area is 148 Å². The van der Waals surface area contributed by atoms with Crippen molar-refractivity contribution in [3.63, 3.8) is 0 Å². The number of hydrogen-bond acceptors (Lipinski definition) is 1. The molecule has 0 aliphatic heterocycles. The van der Waals surface area contributed by atoms with E-state index in [-0.39, 0.29) is 11.3 Å². The molecular weight excluding hydrogens is 308 g/mol. The van der Waals surface area contributed by atoms with Crippen LogP contribution >= 0.6 is 0 Å². The second kappa shape index (κ2) is 7.53. The first-order chi connectivity index (χ1) is 11.2. The zero-order valence-electron chi connectivity index (χ0n) is 15.8. The van der Waals surface area contributed by atoms with E-state index in [1.54, 1.807) is 0 Å². The van der Waals surface area contributed by atoms with Crippen LogP contribution in [-0.2, 0) is 4.79 Å². The van der Waals surface area contributed by atoms with E-state index in [2.05, 4.69) is 75.3 Å². The van der Waals surface area contributed by atoms with Crippen LogP contribution in [0.2, 0.25) is 19.6 Å². The van der Waals surface area contributed by atoms with E-state index in [1.807, 2.05) is 6.07 Å². The van der Waals surface area contributed by atoms with Gasteiger partial charge < -0.3 is 0 Å². The van der Waals surface area contributed by atoms with Crippen molar-refractivity contribution in [2.24, 2.45) is 5.41 Å². The molecule has 0 heterocycles. The molecule has 1 aliphatic rings. The fourth-order valence-corrected chi connectivity index (χ4v) is 3.99. The van der Waals surface area contributed by atoms with Crippen molar-refractivity contribution >= 4 is 13.9 Å². The Bertz CT molecular complexity index is 669. The molecule has 1 fully saturated rings. The maximum atomic E-state index is 12.8. The van der Waals surface area contributed by atoms with Crippen LogP contribution in [-0.4, -0.2) is 13.9 Å². The highest BCUT2D eigenvalue weighted by atomic mass is 28.3. The van der Waals surface area contributed by atoms with E-state index in [1.165, 1.54) is 5.56 Å². The van der Waals surface area contributed by atoms with Crippen molar-refractivity contribution in [2.45, 2.75) is 65.1 Å². The van der Waals surface area contributed by atoms with Gasteiger partial charge in [-0.25, -0.2) is 0 Å². The molecule has 1 aliphatic carbocycles. The minimum atomic E-state index is -1.39. The van der Waals surface area contributed by atoms with Gasteiger partial charge in [-0.15, -0.1) is 5.54 Å². The minimum absolute atomic E-state index is 0.113. The van der Waals surface area contributed by atoms with Crippen molar-refractivity contribution in [1.82, 2.24) is 0 Å². The molecule has 24 heavy (non-hydrogen) atoms. The first-order valence-corrected chi connectivity index (χ1v) is 12.5. The lowest BCUT2D eigenvalue weighted by Gasteiger charge is -2.38. The van der Waals surface area contributed by atoms with E-state index in [4.69, 9.17) is 0 Å². The summed E-state index contributed by atoms with van der Waals surface area (Å²) in [5.74, 6) is 3.88. The molecule has 0 aromatic heterocycles. The SMILES string of the molecule is C/C(C#C[Si](C)(C)C)=C\C(c1ccccc1)C1(C)CCCCC1=O. The molecule has 0 bridgehead atoms. The second-order valence-corrected chi connectivity index (χ2v) is 13.0. The molecule has 2 heteroatoms. The zero-order chi connectivity index (χ0) is 17.8.